The topological polar surface area (TPSA) is 46.3 Å². The van der Waals surface area contributed by atoms with E-state index < -0.39 is 0 Å². The Hall–Kier alpha value is -0.770. The van der Waals surface area contributed by atoms with Crippen LogP contribution in [0.3, 0.4) is 0 Å². The van der Waals surface area contributed by atoms with Crippen LogP contribution in [0.15, 0.2) is 18.2 Å². The number of likely N-dealkylation sites (tertiary alicyclic amines) is 1. The predicted octanol–water partition coefficient (Wildman–Crippen LogP) is 3.78. The lowest BCUT2D eigenvalue weighted by Crippen LogP contribution is -2.36. The monoisotopic (exact) mass is 326 g/mol. The van der Waals surface area contributed by atoms with Crippen molar-refractivity contribution in [2.75, 3.05) is 6.54 Å². The van der Waals surface area contributed by atoms with E-state index in [4.69, 9.17) is 28.9 Å². The largest absolute Gasteiger partial charge is 0.336 e. The highest BCUT2D eigenvalue weighted by atomic mass is 35.5. The Morgan fingerprint density at radius 1 is 1.29 bits per heavy atom. The summed E-state index contributed by atoms with van der Waals surface area (Å²) in [7, 11) is 0. The fraction of sp³-hybridized carbons (Fsp3) is 0.562. The maximum Gasteiger partial charge on any atom is 0.224 e. The van der Waals surface area contributed by atoms with E-state index in [0.29, 0.717) is 22.4 Å². The van der Waals surface area contributed by atoms with Crippen molar-refractivity contribution in [1.29, 1.82) is 0 Å². The number of hydrogen-bond donors (Lipinski definition) is 1. The van der Waals surface area contributed by atoms with Gasteiger partial charge in [-0.2, -0.15) is 0 Å². The first-order valence-corrected chi connectivity index (χ1v) is 8.32. The van der Waals surface area contributed by atoms with E-state index in [0.717, 1.165) is 24.9 Å². The van der Waals surface area contributed by atoms with Gasteiger partial charge in [0.05, 0.1) is 16.1 Å². The Balaban J connectivity index is 1.71. The lowest BCUT2D eigenvalue weighted by Gasteiger charge is -2.26. The van der Waals surface area contributed by atoms with Gasteiger partial charge in [0.25, 0.3) is 0 Å². The minimum Gasteiger partial charge on any atom is -0.336 e. The molecule has 2 unspecified atom stereocenters. The minimum absolute atomic E-state index is 0.0209. The molecule has 3 nitrogen and oxygen atoms in total. The van der Waals surface area contributed by atoms with E-state index >= 15 is 0 Å². The van der Waals surface area contributed by atoms with Crippen molar-refractivity contribution in [3.63, 3.8) is 0 Å². The molecule has 3 rings (SSSR count). The fourth-order valence-corrected chi connectivity index (χ4v) is 3.45. The van der Waals surface area contributed by atoms with Crippen LogP contribution >= 0.6 is 23.2 Å². The maximum absolute atomic E-state index is 12.5. The number of carbonyl (C=O) groups is 1. The Morgan fingerprint density at radius 3 is 2.71 bits per heavy atom. The molecule has 2 N–H and O–H groups in total. The number of nitrogens with two attached hydrogens (primary N) is 1. The first-order valence-electron chi connectivity index (χ1n) is 7.56. The third-order valence-electron chi connectivity index (χ3n) is 4.54. The summed E-state index contributed by atoms with van der Waals surface area (Å²) in [5.74, 6) is 0.725. The zero-order valence-corrected chi connectivity index (χ0v) is 13.4. The van der Waals surface area contributed by atoms with Gasteiger partial charge in [-0.05, 0) is 49.3 Å². The zero-order valence-electron chi connectivity index (χ0n) is 11.9. The van der Waals surface area contributed by atoms with Crippen molar-refractivity contribution in [2.45, 2.75) is 44.2 Å². The van der Waals surface area contributed by atoms with Crippen LogP contribution < -0.4 is 5.73 Å². The summed E-state index contributed by atoms with van der Waals surface area (Å²) in [6.45, 7) is 0.807. The molecule has 0 aromatic heterocycles. The molecule has 1 saturated heterocycles. The molecule has 1 heterocycles. The van der Waals surface area contributed by atoms with Crippen molar-refractivity contribution >= 4 is 29.1 Å². The summed E-state index contributed by atoms with van der Waals surface area (Å²) in [5.41, 5.74) is 7.15. The van der Waals surface area contributed by atoms with Crippen molar-refractivity contribution in [2.24, 2.45) is 11.7 Å². The van der Waals surface area contributed by atoms with Crippen LogP contribution in [-0.2, 0) is 4.79 Å². The molecule has 1 aliphatic heterocycles. The van der Waals surface area contributed by atoms with Gasteiger partial charge in [0.2, 0.25) is 5.91 Å². The summed E-state index contributed by atoms with van der Waals surface area (Å²) >= 11 is 12.1. The number of rotatable bonds is 4. The van der Waals surface area contributed by atoms with E-state index in [1.807, 2.05) is 17.0 Å². The van der Waals surface area contributed by atoms with Crippen molar-refractivity contribution in [3.8, 4) is 0 Å². The highest BCUT2D eigenvalue weighted by Crippen LogP contribution is 2.37. The molecule has 1 saturated carbocycles. The number of hydrogen-bond acceptors (Lipinski definition) is 2. The van der Waals surface area contributed by atoms with E-state index in [-0.39, 0.29) is 18.0 Å². The van der Waals surface area contributed by atoms with E-state index in [1.54, 1.807) is 6.07 Å². The molecular formula is C16H20Cl2N2O. The molecule has 5 heteroatoms. The van der Waals surface area contributed by atoms with Gasteiger partial charge in [-0.25, -0.2) is 0 Å². The summed E-state index contributed by atoms with van der Waals surface area (Å²) in [4.78, 5) is 14.5. The lowest BCUT2D eigenvalue weighted by atomic mass is 10.0. The molecule has 0 bridgehead atoms. The summed E-state index contributed by atoms with van der Waals surface area (Å²) in [5, 5.41) is 1.09. The third kappa shape index (κ3) is 3.36. The maximum atomic E-state index is 12.5. The summed E-state index contributed by atoms with van der Waals surface area (Å²) in [6.07, 6.45) is 4.80. The highest BCUT2D eigenvalue weighted by Gasteiger charge is 2.34. The van der Waals surface area contributed by atoms with Gasteiger partial charge >= 0.3 is 0 Å². The van der Waals surface area contributed by atoms with Crippen LogP contribution in [-0.4, -0.2) is 23.4 Å². The quantitative estimate of drug-likeness (QED) is 0.915. The summed E-state index contributed by atoms with van der Waals surface area (Å²) < 4.78 is 0. The van der Waals surface area contributed by atoms with Gasteiger partial charge in [0, 0.05) is 19.0 Å². The van der Waals surface area contributed by atoms with Crippen LogP contribution in [0.2, 0.25) is 10.0 Å². The Kier molecular flexibility index (Phi) is 4.43. The molecule has 21 heavy (non-hydrogen) atoms. The minimum atomic E-state index is 0.0209. The number of halogens is 2. The fourth-order valence-electron chi connectivity index (χ4n) is 3.14. The van der Waals surface area contributed by atoms with Crippen LogP contribution in [0.5, 0.6) is 0 Å². The highest BCUT2D eigenvalue weighted by molar-refractivity contribution is 6.42. The molecule has 1 aliphatic carbocycles. The standard InChI is InChI=1S/C16H20Cl2N2O/c17-12-6-5-11(8-13(12)18)15-2-1-7-20(15)16(21)9-14(19)10-3-4-10/h5-6,8,10,14-15H,1-4,7,9,19H2. The van der Waals surface area contributed by atoms with Crippen LogP contribution in [0.1, 0.15) is 43.7 Å². The predicted molar refractivity (Wildman–Crippen MR) is 85.5 cm³/mol. The average molecular weight is 327 g/mol. The van der Waals surface area contributed by atoms with Crippen molar-refractivity contribution in [1.82, 2.24) is 4.90 Å². The van der Waals surface area contributed by atoms with Crippen LogP contribution in [0, 0.1) is 5.92 Å². The Morgan fingerprint density at radius 2 is 2.05 bits per heavy atom. The second-order valence-corrected chi connectivity index (χ2v) is 6.94. The second kappa shape index (κ2) is 6.15. The molecule has 0 spiro atoms. The molecule has 0 radical (unpaired) electrons. The van der Waals surface area contributed by atoms with Gasteiger partial charge in [-0.15, -0.1) is 0 Å². The van der Waals surface area contributed by atoms with Crippen molar-refractivity contribution in [3.05, 3.63) is 33.8 Å². The van der Waals surface area contributed by atoms with Crippen LogP contribution in [0.25, 0.3) is 0 Å². The molecule has 1 aromatic rings. The Labute approximate surface area is 135 Å². The SMILES string of the molecule is NC(CC(=O)N1CCCC1c1ccc(Cl)c(Cl)c1)C1CC1. The van der Waals surface area contributed by atoms with Gasteiger partial charge in [-0.3, -0.25) is 4.79 Å². The molecule has 2 aliphatic rings. The van der Waals surface area contributed by atoms with E-state index in [9.17, 15) is 4.79 Å². The van der Waals surface area contributed by atoms with Gasteiger partial charge in [0.15, 0.2) is 0 Å². The van der Waals surface area contributed by atoms with Gasteiger partial charge in [0.1, 0.15) is 0 Å². The average Bonchev–Trinajstić information content (AvgIpc) is 3.19. The van der Waals surface area contributed by atoms with E-state index in [1.165, 1.54) is 12.8 Å². The summed E-state index contributed by atoms with van der Waals surface area (Å²) in [6, 6.07) is 5.77. The number of benzene rings is 1. The number of amides is 1. The molecule has 1 amide bonds. The van der Waals surface area contributed by atoms with Crippen LogP contribution in [0.4, 0.5) is 0 Å². The van der Waals surface area contributed by atoms with Gasteiger partial charge < -0.3 is 10.6 Å². The Bertz CT molecular complexity index is 545. The number of nitrogens with zero attached hydrogens (tertiary/aromatic N) is 1. The normalized spacial score (nSPS) is 23.4. The first kappa shape index (κ1) is 15.1. The smallest absolute Gasteiger partial charge is 0.224 e. The molecule has 2 atom stereocenters. The van der Waals surface area contributed by atoms with E-state index in [2.05, 4.69) is 0 Å². The van der Waals surface area contributed by atoms with Crippen molar-refractivity contribution < 1.29 is 4.79 Å². The second-order valence-electron chi connectivity index (χ2n) is 6.12. The molecule has 1 aromatic carbocycles. The molecule has 114 valence electrons. The number of carbonyl (C=O) groups excluding carboxylic acids is 1. The molecular weight excluding hydrogens is 307 g/mol. The van der Waals surface area contributed by atoms with Gasteiger partial charge in [-0.1, -0.05) is 29.3 Å². The molecule has 2 fully saturated rings. The third-order valence-corrected chi connectivity index (χ3v) is 5.28. The first-order chi connectivity index (χ1) is 10.1. The lowest BCUT2D eigenvalue weighted by molar-refractivity contribution is -0.132. The zero-order chi connectivity index (χ0) is 15.0.